The molecule has 2 aromatic rings. The quantitative estimate of drug-likeness (QED) is 0.231. The van der Waals surface area contributed by atoms with Gasteiger partial charge in [0.25, 0.3) is 0 Å². The highest BCUT2D eigenvalue weighted by Crippen LogP contribution is 2.28. The molecule has 1 saturated heterocycles. The average Bonchev–Trinajstić information content (AvgIpc) is 2.99. The highest BCUT2D eigenvalue weighted by molar-refractivity contribution is 7.99. The minimum Gasteiger partial charge on any atom is -0.480 e. The number of carboxylic acid groups (broad SMARTS) is 1. The van der Waals surface area contributed by atoms with Gasteiger partial charge in [-0.05, 0) is 48.3 Å². The number of carbonyl (C=O) groups is 5. The molecule has 232 valence electrons. The van der Waals surface area contributed by atoms with Gasteiger partial charge in [-0.1, -0.05) is 74.5 Å². The third-order valence-electron chi connectivity index (χ3n) is 7.22. The topological polar surface area (TPSA) is 163 Å². The monoisotopic (exact) mass is 612 g/mol. The molecule has 5 N–H and O–H groups in total. The van der Waals surface area contributed by atoms with E-state index in [1.807, 2.05) is 36.4 Å². The van der Waals surface area contributed by atoms with E-state index < -0.39 is 53.4 Å². The molecule has 1 heterocycles. The van der Waals surface area contributed by atoms with E-state index in [0.717, 1.165) is 11.1 Å². The van der Waals surface area contributed by atoms with Gasteiger partial charge in [0.05, 0.1) is 0 Å². The first-order valence-electron chi connectivity index (χ1n) is 14.3. The van der Waals surface area contributed by atoms with E-state index in [2.05, 4.69) is 21.3 Å². The third-order valence-corrected chi connectivity index (χ3v) is 8.20. The number of rotatable bonds is 13. The van der Waals surface area contributed by atoms with Gasteiger partial charge >= 0.3 is 12.1 Å². The van der Waals surface area contributed by atoms with Crippen LogP contribution in [0.4, 0.5) is 4.79 Å². The Labute approximate surface area is 255 Å². The van der Waals surface area contributed by atoms with Crippen molar-refractivity contribution in [1.29, 1.82) is 0 Å². The number of thioether (sulfide) groups is 1. The molecule has 0 radical (unpaired) electrons. The summed E-state index contributed by atoms with van der Waals surface area (Å²) in [5, 5.41) is 20.4. The highest BCUT2D eigenvalue weighted by atomic mass is 32.2. The van der Waals surface area contributed by atoms with E-state index in [9.17, 15) is 29.1 Å². The molecule has 1 fully saturated rings. The van der Waals surface area contributed by atoms with E-state index in [-0.39, 0.29) is 18.9 Å². The third kappa shape index (κ3) is 10.0. The fraction of sp³-hybridized carbons (Fsp3) is 0.452. The Kier molecular flexibility index (Phi) is 12.4. The number of aliphatic carboxylic acids is 1. The van der Waals surface area contributed by atoms with E-state index in [4.69, 9.17) is 4.74 Å². The van der Waals surface area contributed by atoms with Gasteiger partial charge in [0.2, 0.25) is 17.7 Å². The summed E-state index contributed by atoms with van der Waals surface area (Å²) in [6, 6.07) is 14.9. The standard InChI is InChI=1S/C31H40N4O7S/c1-20(2)25(34-30(41)42-19-23-12-8-5-9-13-23)27(37)32-21(3)26(36)35-31(14-16-43-17-15-31)29(40)33-24(28(38)39)18-22-10-6-4-7-11-22/h4-13,20-21,24-25H,14-19H2,1-3H3,(H,32,37)(H,33,40)(H,34,41)(H,35,36)(H,38,39)/t21-,24-,25-/m0/s1. The molecule has 12 heteroatoms. The molecule has 4 amide bonds. The average molecular weight is 613 g/mol. The van der Waals surface area contributed by atoms with Crippen LogP contribution in [0.5, 0.6) is 0 Å². The van der Waals surface area contributed by atoms with Crippen LogP contribution in [0.2, 0.25) is 0 Å². The molecule has 0 aliphatic carbocycles. The lowest BCUT2D eigenvalue weighted by Gasteiger charge is -2.38. The fourth-order valence-electron chi connectivity index (χ4n) is 4.61. The van der Waals surface area contributed by atoms with Crippen LogP contribution in [-0.4, -0.2) is 70.1 Å². The molecular weight excluding hydrogens is 572 g/mol. The van der Waals surface area contributed by atoms with Crippen molar-refractivity contribution in [3.05, 3.63) is 71.8 Å². The largest absolute Gasteiger partial charge is 0.480 e. The summed E-state index contributed by atoms with van der Waals surface area (Å²) in [7, 11) is 0. The van der Waals surface area contributed by atoms with Crippen molar-refractivity contribution in [1.82, 2.24) is 21.3 Å². The number of carboxylic acids is 1. The Morgan fingerprint density at radius 2 is 1.42 bits per heavy atom. The zero-order valence-corrected chi connectivity index (χ0v) is 25.4. The number of amides is 4. The molecule has 0 aromatic heterocycles. The van der Waals surface area contributed by atoms with Crippen LogP contribution in [0, 0.1) is 5.92 Å². The second-order valence-electron chi connectivity index (χ2n) is 10.9. The summed E-state index contributed by atoms with van der Waals surface area (Å²) < 4.78 is 5.24. The van der Waals surface area contributed by atoms with E-state index >= 15 is 0 Å². The van der Waals surface area contributed by atoms with Gasteiger partial charge in [0, 0.05) is 6.42 Å². The normalized spacial score (nSPS) is 16.2. The summed E-state index contributed by atoms with van der Waals surface area (Å²) in [5.41, 5.74) is 0.214. The van der Waals surface area contributed by atoms with Gasteiger partial charge in [-0.3, -0.25) is 14.4 Å². The smallest absolute Gasteiger partial charge is 0.408 e. The molecule has 0 spiro atoms. The molecule has 3 atom stereocenters. The Hall–Kier alpha value is -4.06. The summed E-state index contributed by atoms with van der Waals surface area (Å²) in [6.07, 6.45) is -0.0768. The number of ether oxygens (including phenoxy) is 1. The Balaban J connectivity index is 1.62. The number of hydrogen-bond acceptors (Lipinski definition) is 7. The van der Waals surface area contributed by atoms with Crippen LogP contribution < -0.4 is 21.3 Å². The maximum Gasteiger partial charge on any atom is 0.408 e. The van der Waals surface area contributed by atoms with Crippen LogP contribution in [0.1, 0.15) is 44.7 Å². The summed E-state index contributed by atoms with van der Waals surface area (Å²) in [5.74, 6) is -2.07. The predicted octanol–water partition coefficient (Wildman–Crippen LogP) is 2.64. The second-order valence-corrected chi connectivity index (χ2v) is 12.1. The van der Waals surface area contributed by atoms with Crippen molar-refractivity contribution in [2.24, 2.45) is 5.92 Å². The number of benzene rings is 2. The van der Waals surface area contributed by atoms with Gasteiger partial charge in [-0.15, -0.1) is 0 Å². The molecule has 0 unspecified atom stereocenters. The molecule has 0 saturated carbocycles. The molecule has 1 aliphatic heterocycles. The van der Waals surface area contributed by atoms with Crippen molar-refractivity contribution in [2.45, 2.75) is 70.3 Å². The zero-order chi connectivity index (χ0) is 31.4. The Morgan fingerprint density at radius 1 is 0.837 bits per heavy atom. The number of nitrogens with one attached hydrogen (secondary N) is 4. The molecule has 43 heavy (non-hydrogen) atoms. The molecule has 2 aromatic carbocycles. The van der Waals surface area contributed by atoms with Crippen molar-refractivity contribution in [2.75, 3.05) is 11.5 Å². The zero-order valence-electron chi connectivity index (χ0n) is 24.6. The van der Waals surface area contributed by atoms with Crippen molar-refractivity contribution >= 4 is 41.5 Å². The minimum atomic E-state index is -1.33. The minimum absolute atomic E-state index is 0.0361. The highest BCUT2D eigenvalue weighted by Gasteiger charge is 2.43. The molecule has 11 nitrogen and oxygen atoms in total. The Morgan fingerprint density at radius 3 is 1.98 bits per heavy atom. The van der Waals surface area contributed by atoms with Gasteiger partial charge in [0.1, 0.15) is 30.3 Å². The number of alkyl carbamates (subject to hydrolysis) is 1. The van der Waals surface area contributed by atoms with Gasteiger partial charge in [-0.2, -0.15) is 11.8 Å². The number of carbonyl (C=O) groups excluding carboxylic acids is 4. The SMILES string of the molecule is CC(C)[C@H](NC(=O)OCc1ccccc1)C(=O)N[C@@H](C)C(=O)NC1(C(=O)N[C@@H](Cc2ccccc2)C(=O)O)CCSCC1. The summed E-state index contributed by atoms with van der Waals surface area (Å²) in [6.45, 7) is 5.02. The predicted molar refractivity (Wildman–Crippen MR) is 163 cm³/mol. The van der Waals surface area contributed by atoms with Crippen molar-refractivity contribution in [3.8, 4) is 0 Å². The fourth-order valence-corrected chi connectivity index (χ4v) is 5.80. The van der Waals surface area contributed by atoms with Gasteiger partial charge in [0.15, 0.2) is 0 Å². The first-order chi connectivity index (χ1) is 20.5. The maximum absolute atomic E-state index is 13.5. The molecule has 3 rings (SSSR count). The first kappa shape index (κ1) is 33.4. The van der Waals surface area contributed by atoms with Gasteiger partial charge < -0.3 is 31.1 Å². The summed E-state index contributed by atoms with van der Waals surface area (Å²) in [4.78, 5) is 64.3. The van der Waals surface area contributed by atoms with Crippen molar-refractivity contribution < 1.29 is 33.8 Å². The second kappa shape index (κ2) is 16.0. The lowest BCUT2D eigenvalue weighted by Crippen LogP contribution is -2.65. The lowest BCUT2D eigenvalue weighted by atomic mass is 9.89. The van der Waals surface area contributed by atoms with E-state index in [1.54, 1.807) is 49.9 Å². The van der Waals surface area contributed by atoms with Crippen molar-refractivity contribution in [3.63, 3.8) is 0 Å². The van der Waals surface area contributed by atoms with Crippen LogP contribution in [0.15, 0.2) is 60.7 Å². The molecule has 1 aliphatic rings. The van der Waals surface area contributed by atoms with Crippen LogP contribution in [-0.2, 0) is 36.9 Å². The number of hydrogen-bond donors (Lipinski definition) is 5. The van der Waals surface area contributed by atoms with Crippen LogP contribution >= 0.6 is 11.8 Å². The van der Waals surface area contributed by atoms with Gasteiger partial charge in [-0.25, -0.2) is 9.59 Å². The molecule has 0 bridgehead atoms. The summed E-state index contributed by atoms with van der Waals surface area (Å²) >= 11 is 1.63. The van der Waals surface area contributed by atoms with Crippen LogP contribution in [0.25, 0.3) is 0 Å². The van der Waals surface area contributed by atoms with E-state index in [0.29, 0.717) is 24.3 Å². The van der Waals surface area contributed by atoms with Crippen LogP contribution in [0.3, 0.4) is 0 Å². The molecular formula is C31H40N4O7S. The first-order valence-corrected chi connectivity index (χ1v) is 15.4. The lowest BCUT2D eigenvalue weighted by molar-refractivity contribution is -0.143. The van der Waals surface area contributed by atoms with E-state index in [1.165, 1.54) is 6.92 Å². The maximum atomic E-state index is 13.5. The Bertz CT molecular complexity index is 1250.